The molecule has 0 saturated carbocycles. The Morgan fingerprint density at radius 2 is 1.96 bits per heavy atom. The van der Waals surface area contributed by atoms with Crippen LogP contribution in [0.3, 0.4) is 0 Å². The van der Waals surface area contributed by atoms with Gasteiger partial charge in [0.1, 0.15) is 5.00 Å². The van der Waals surface area contributed by atoms with Crippen molar-refractivity contribution in [3.8, 4) is 0 Å². The van der Waals surface area contributed by atoms with Gasteiger partial charge in [-0.25, -0.2) is 0 Å². The Hall–Kier alpha value is -3.20. The second kappa shape index (κ2) is 8.22. The molecule has 3 rings (SSSR count). The SMILES string of the molecule is Cc1ccc(N2C[C@H](C(=O)OCC(=O)Nc3sccc3C(N)=O)CC2=O)cc1. The first-order valence-electron chi connectivity index (χ1n) is 8.56. The van der Waals surface area contributed by atoms with Crippen molar-refractivity contribution in [1.29, 1.82) is 0 Å². The quantitative estimate of drug-likeness (QED) is 0.714. The van der Waals surface area contributed by atoms with Crippen LogP contribution in [-0.2, 0) is 19.1 Å². The molecule has 1 atom stereocenters. The number of nitrogens with one attached hydrogen (secondary N) is 1. The molecule has 1 fully saturated rings. The minimum atomic E-state index is -0.658. The van der Waals surface area contributed by atoms with Gasteiger partial charge in [0, 0.05) is 18.7 Å². The molecule has 1 saturated heterocycles. The molecule has 0 unspecified atom stereocenters. The van der Waals surface area contributed by atoms with E-state index in [4.69, 9.17) is 10.5 Å². The summed E-state index contributed by atoms with van der Waals surface area (Å²) in [5.74, 6) is -2.66. The molecule has 1 aliphatic rings. The van der Waals surface area contributed by atoms with Gasteiger partial charge in [-0.2, -0.15) is 0 Å². The maximum atomic E-state index is 12.3. The van der Waals surface area contributed by atoms with Crippen LogP contribution >= 0.6 is 11.3 Å². The predicted molar refractivity (Wildman–Crippen MR) is 104 cm³/mol. The zero-order chi connectivity index (χ0) is 20.3. The second-order valence-corrected chi connectivity index (χ2v) is 7.34. The standard InChI is InChI=1S/C19H19N3O5S/c1-11-2-4-13(5-3-11)22-9-12(8-16(22)24)19(26)27-10-15(23)21-18-14(17(20)25)6-7-28-18/h2-7,12H,8-10H2,1H3,(H2,20,25)(H,21,23)/t12-/m1/s1. The molecule has 0 spiro atoms. The van der Waals surface area contributed by atoms with Crippen LogP contribution in [0.2, 0.25) is 0 Å². The summed E-state index contributed by atoms with van der Waals surface area (Å²) in [6.45, 7) is 1.65. The van der Waals surface area contributed by atoms with Crippen LogP contribution in [0.25, 0.3) is 0 Å². The molecule has 3 amide bonds. The molecule has 0 radical (unpaired) electrons. The maximum absolute atomic E-state index is 12.3. The molecular formula is C19H19N3O5S. The Morgan fingerprint density at radius 1 is 1.25 bits per heavy atom. The summed E-state index contributed by atoms with van der Waals surface area (Å²) in [4.78, 5) is 49.2. The highest BCUT2D eigenvalue weighted by Gasteiger charge is 2.36. The number of carbonyl (C=O) groups is 4. The molecule has 0 bridgehead atoms. The number of hydrogen-bond acceptors (Lipinski definition) is 6. The van der Waals surface area contributed by atoms with Crippen molar-refractivity contribution in [3.05, 3.63) is 46.8 Å². The van der Waals surface area contributed by atoms with Crippen molar-refractivity contribution in [2.45, 2.75) is 13.3 Å². The molecule has 9 heteroatoms. The summed E-state index contributed by atoms with van der Waals surface area (Å²) in [6, 6.07) is 8.93. The number of hydrogen-bond donors (Lipinski definition) is 2. The number of esters is 1. The predicted octanol–water partition coefficient (Wildman–Crippen LogP) is 1.69. The summed E-state index contributed by atoms with van der Waals surface area (Å²) in [5.41, 5.74) is 7.20. The number of amides is 3. The van der Waals surface area contributed by atoms with Gasteiger partial charge < -0.3 is 20.7 Å². The van der Waals surface area contributed by atoms with E-state index >= 15 is 0 Å². The van der Waals surface area contributed by atoms with Gasteiger partial charge in [0.05, 0.1) is 11.5 Å². The number of nitrogens with zero attached hydrogens (tertiary/aromatic N) is 1. The fourth-order valence-electron chi connectivity index (χ4n) is 2.86. The average Bonchev–Trinajstić information content (AvgIpc) is 3.27. The second-order valence-electron chi connectivity index (χ2n) is 6.42. The third-order valence-electron chi connectivity index (χ3n) is 4.33. The van der Waals surface area contributed by atoms with Crippen LogP contribution in [0.5, 0.6) is 0 Å². The van der Waals surface area contributed by atoms with Crippen molar-refractivity contribution in [3.63, 3.8) is 0 Å². The number of carbonyl (C=O) groups excluding carboxylic acids is 4. The minimum absolute atomic E-state index is 0.0328. The van der Waals surface area contributed by atoms with Gasteiger partial charge in [-0.3, -0.25) is 19.2 Å². The lowest BCUT2D eigenvalue weighted by Crippen LogP contribution is -2.28. The summed E-state index contributed by atoms with van der Waals surface area (Å²) in [7, 11) is 0. The Kier molecular flexibility index (Phi) is 5.74. The smallest absolute Gasteiger partial charge is 0.311 e. The van der Waals surface area contributed by atoms with Crippen molar-refractivity contribution < 1.29 is 23.9 Å². The zero-order valence-corrected chi connectivity index (χ0v) is 16.0. The van der Waals surface area contributed by atoms with E-state index in [1.165, 1.54) is 11.0 Å². The van der Waals surface area contributed by atoms with Crippen molar-refractivity contribution in [2.24, 2.45) is 11.7 Å². The lowest BCUT2D eigenvalue weighted by atomic mass is 10.1. The number of thiophene rings is 1. The zero-order valence-electron chi connectivity index (χ0n) is 15.1. The molecule has 1 aliphatic heterocycles. The van der Waals surface area contributed by atoms with Gasteiger partial charge in [-0.05, 0) is 30.5 Å². The molecule has 2 aromatic rings. The van der Waals surface area contributed by atoms with E-state index < -0.39 is 30.3 Å². The molecule has 3 N–H and O–H groups in total. The highest BCUT2D eigenvalue weighted by atomic mass is 32.1. The summed E-state index contributed by atoms with van der Waals surface area (Å²) >= 11 is 1.14. The van der Waals surface area contributed by atoms with E-state index in [2.05, 4.69) is 5.32 Å². The largest absolute Gasteiger partial charge is 0.455 e. The molecule has 1 aromatic carbocycles. The van der Waals surface area contributed by atoms with Gasteiger partial charge >= 0.3 is 5.97 Å². The molecule has 8 nitrogen and oxygen atoms in total. The fraction of sp³-hybridized carbons (Fsp3) is 0.263. The van der Waals surface area contributed by atoms with Crippen LogP contribution in [0.4, 0.5) is 10.7 Å². The fourth-order valence-corrected chi connectivity index (χ4v) is 3.67. The third kappa shape index (κ3) is 4.37. The Labute approximate surface area is 165 Å². The molecular weight excluding hydrogens is 382 g/mol. The van der Waals surface area contributed by atoms with E-state index in [0.717, 1.165) is 22.6 Å². The summed E-state index contributed by atoms with van der Waals surface area (Å²) in [6.07, 6.45) is 0.0328. The average molecular weight is 401 g/mol. The van der Waals surface area contributed by atoms with E-state index in [-0.39, 0.29) is 24.4 Å². The van der Waals surface area contributed by atoms with Crippen molar-refractivity contribution in [2.75, 3.05) is 23.4 Å². The first kappa shape index (κ1) is 19.6. The van der Waals surface area contributed by atoms with Gasteiger partial charge in [0.15, 0.2) is 6.61 Å². The van der Waals surface area contributed by atoms with Crippen LogP contribution in [0.15, 0.2) is 35.7 Å². The number of primary amides is 1. The molecule has 1 aromatic heterocycles. The molecule has 2 heterocycles. The minimum Gasteiger partial charge on any atom is -0.455 e. The van der Waals surface area contributed by atoms with Crippen LogP contribution < -0.4 is 16.0 Å². The van der Waals surface area contributed by atoms with E-state index in [1.807, 2.05) is 31.2 Å². The first-order valence-corrected chi connectivity index (χ1v) is 9.44. The van der Waals surface area contributed by atoms with Gasteiger partial charge in [-0.15, -0.1) is 11.3 Å². The van der Waals surface area contributed by atoms with E-state index in [0.29, 0.717) is 5.00 Å². The lowest BCUT2D eigenvalue weighted by molar-refractivity contribution is -0.151. The number of ether oxygens (including phenoxy) is 1. The van der Waals surface area contributed by atoms with Gasteiger partial charge in [0.2, 0.25) is 5.91 Å². The highest BCUT2D eigenvalue weighted by Crippen LogP contribution is 2.26. The number of aryl methyl sites for hydroxylation is 1. The number of rotatable bonds is 6. The van der Waals surface area contributed by atoms with Crippen LogP contribution in [0.1, 0.15) is 22.3 Å². The monoisotopic (exact) mass is 401 g/mol. The van der Waals surface area contributed by atoms with E-state index in [1.54, 1.807) is 5.38 Å². The Bertz CT molecular complexity index is 922. The normalized spacial score (nSPS) is 16.1. The van der Waals surface area contributed by atoms with Crippen LogP contribution in [-0.4, -0.2) is 36.8 Å². The topological polar surface area (TPSA) is 119 Å². The lowest BCUT2D eigenvalue weighted by Gasteiger charge is -2.16. The van der Waals surface area contributed by atoms with Crippen molar-refractivity contribution >= 4 is 45.7 Å². The molecule has 0 aliphatic carbocycles. The third-order valence-corrected chi connectivity index (χ3v) is 5.16. The summed E-state index contributed by atoms with van der Waals surface area (Å²) in [5, 5.41) is 4.41. The Morgan fingerprint density at radius 3 is 2.64 bits per heavy atom. The van der Waals surface area contributed by atoms with Gasteiger partial charge in [0.25, 0.3) is 11.8 Å². The summed E-state index contributed by atoms with van der Waals surface area (Å²) < 4.78 is 5.05. The van der Waals surface area contributed by atoms with Gasteiger partial charge in [-0.1, -0.05) is 17.7 Å². The van der Waals surface area contributed by atoms with Crippen molar-refractivity contribution in [1.82, 2.24) is 0 Å². The number of anilines is 2. The number of benzene rings is 1. The number of nitrogens with two attached hydrogens (primary N) is 1. The maximum Gasteiger partial charge on any atom is 0.311 e. The highest BCUT2D eigenvalue weighted by molar-refractivity contribution is 7.14. The first-order chi connectivity index (χ1) is 13.3. The molecule has 28 heavy (non-hydrogen) atoms. The van der Waals surface area contributed by atoms with E-state index in [9.17, 15) is 19.2 Å². The molecule has 146 valence electrons. The van der Waals surface area contributed by atoms with Crippen LogP contribution in [0, 0.1) is 12.8 Å². The Balaban J connectivity index is 1.53.